The summed E-state index contributed by atoms with van der Waals surface area (Å²) in [5.74, 6) is 0.688. The highest BCUT2D eigenvalue weighted by Gasteiger charge is 2.44. The van der Waals surface area contributed by atoms with Crippen molar-refractivity contribution in [2.45, 2.75) is 24.9 Å². The van der Waals surface area contributed by atoms with Gasteiger partial charge in [-0.2, -0.15) is 0 Å². The molecule has 0 unspecified atom stereocenters. The Bertz CT molecular complexity index is 755. The van der Waals surface area contributed by atoms with E-state index in [0.717, 1.165) is 5.82 Å². The van der Waals surface area contributed by atoms with E-state index in [0.29, 0.717) is 69.3 Å². The van der Waals surface area contributed by atoms with Crippen molar-refractivity contribution >= 4 is 35.4 Å². The van der Waals surface area contributed by atoms with Crippen molar-refractivity contribution in [3.05, 3.63) is 23.4 Å². The second-order valence-corrected chi connectivity index (χ2v) is 7.56. The van der Waals surface area contributed by atoms with E-state index in [2.05, 4.69) is 15.0 Å². The molecule has 143 valence electrons. The summed E-state index contributed by atoms with van der Waals surface area (Å²) < 4.78 is 0. The van der Waals surface area contributed by atoms with Crippen molar-refractivity contribution in [1.82, 2.24) is 14.8 Å². The quantitative estimate of drug-likeness (QED) is 0.771. The predicted molar refractivity (Wildman–Crippen MR) is 100 cm³/mol. The molecule has 9 heteroatoms. The maximum Gasteiger partial charge on any atom is 0.312 e. The largest absolute Gasteiger partial charge is 0.388 e. The monoisotopic (exact) mass is 390 g/mol. The average molecular weight is 391 g/mol. The van der Waals surface area contributed by atoms with Crippen molar-refractivity contribution in [2.75, 3.05) is 44.2 Å². The van der Waals surface area contributed by atoms with E-state index in [1.54, 1.807) is 17.2 Å². The van der Waals surface area contributed by atoms with Crippen molar-refractivity contribution < 1.29 is 14.4 Å². The Labute approximate surface area is 162 Å². The van der Waals surface area contributed by atoms with Gasteiger partial charge in [0.2, 0.25) is 0 Å². The maximum absolute atomic E-state index is 12.8. The van der Waals surface area contributed by atoms with E-state index < -0.39 is 5.60 Å². The smallest absolute Gasteiger partial charge is 0.312 e. The maximum atomic E-state index is 12.8. The molecule has 0 bridgehead atoms. The molecule has 3 aliphatic heterocycles. The lowest BCUT2D eigenvalue weighted by Crippen LogP contribution is -2.51. The number of piperidine rings is 1. The number of nitrogens with zero attached hydrogens (tertiary/aromatic N) is 5. The first-order valence-electron chi connectivity index (χ1n) is 9.13. The van der Waals surface area contributed by atoms with Crippen LogP contribution in [0.5, 0.6) is 0 Å². The number of anilines is 1. The van der Waals surface area contributed by atoms with Crippen LogP contribution in [0.3, 0.4) is 0 Å². The summed E-state index contributed by atoms with van der Waals surface area (Å²) in [6, 6.07) is 3.62. The van der Waals surface area contributed by atoms with E-state index >= 15 is 0 Å². The van der Waals surface area contributed by atoms with Crippen LogP contribution in [0.25, 0.3) is 0 Å². The molecule has 1 aromatic heterocycles. The summed E-state index contributed by atoms with van der Waals surface area (Å²) >= 11 is 6.22. The van der Waals surface area contributed by atoms with E-state index in [1.165, 1.54) is 0 Å². The van der Waals surface area contributed by atoms with Gasteiger partial charge in [0, 0.05) is 64.7 Å². The van der Waals surface area contributed by atoms with E-state index in [-0.39, 0.29) is 5.91 Å². The van der Waals surface area contributed by atoms with Gasteiger partial charge in [0.15, 0.2) is 0 Å². The van der Waals surface area contributed by atoms with Crippen LogP contribution >= 0.6 is 11.6 Å². The summed E-state index contributed by atoms with van der Waals surface area (Å²) in [6.07, 6.45) is 5.49. The first-order valence-corrected chi connectivity index (χ1v) is 9.51. The third-order valence-corrected chi connectivity index (χ3v) is 5.79. The lowest BCUT2D eigenvalue weighted by molar-refractivity contribution is -0.124. The van der Waals surface area contributed by atoms with Crippen molar-refractivity contribution in [2.24, 2.45) is 5.16 Å². The van der Waals surface area contributed by atoms with Crippen LogP contribution in [0.15, 0.2) is 23.5 Å². The first-order chi connectivity index (χ1) is 13.1. The molecule has 0 N–H and O–H groups in total. The van der Waals surface area contributed by atoms with Gasteiger partial charge in [-0.05, 0) is 12.1 Å². The Kier molecular flexibility index (Phi) is 4.90. The molecule has 0 atom stereocenters. The molecular weight excluding hydrogens is 370 g/mol. The summed E-state index contributed by atoms with van der Waals surface area (Å²) in [6.45, 7) is 3.70. The standard InChI is InChI=1S/C18H21ClN5O3/c19-14-2-1-5-20-16(14)23-8-10-24(11-9-23)17(26)15-12-18(27-21-15)3-6-22(13-25)7-4-18/h1-2,5H,3-4,6-12H2. The van der Waals surface area contributed by atoms with E-state index in [1.807, 2.05) is 17.4 Å². The van der Waals surface area contributed by atoms with Crippen LogP contribution in [-0.4, -0.2) is 77.7 Å². The highest BCUT2D eigenvalue weighted by Crippen LogP contribution is 2.34. The topological polar surface area (TPSA) is 78.3 Å². The highest BCUT2D eigenvalue weighted by atomic mass is 35.5. The third-order valence-electron chi connectivity index (χ3n) is 5.50. The zero-order valence-corrected chi connectivity index (χ0v) is 15.7. The summed E-state index contributed by atoms with van der Waals surface area (Å²) in [5, 5.41) is 4.71. The molecule has 2 saturated heterocycles. The third kappa shape index (κ3) is 3.58. The summed E-state index contributed by atoms with van der Waals surface area (Å²) in [4.78, 5) is 39.1. The minimum absolute atomic E-state index is 0.0666. The Morgan fingerprint density at radius 1 is 1.19 bits per heavy atom. The van der Waals surface area contributed by atoms with Crippen LogP contribution in [0.4, 0.5) is 5.82 Å². The number of hydrogen-bond donors (Lipinski definition) is 0. The van der Waals surface area contributed by atoms with Crippen LogP contribution in [0.2, 0.25) is 5.02 Å². The van der Waals surface area contributed by atoms with Crippen LogP contribution in [0, 0.1) is 0 Å². The van der Waals surface area contributed by atoms with Gasteiger partial charge in [0.05, 0.1) is 5.02 Å². The minimum Gasteiger partial charge on any atom is -0.388 e. The molecule has 27 heavy (non-hydrogen) atoms. The lowest BCUT2D eigenvalue weighted by Gasteiger charge is -2.36. The van der Waals surface area contributed by atoms with Gasteiger partial charge in [0.25, 0.3) is 5.91 Å². The molecule has 3 aliphatic rings. The molecule has 2 amide bonds. The Hall–Kier alpha value is -2.35. The van der Waals surface area contributed by atoms with Gasteiger partial charge in [-0.15, -0.1) is 0 Å². The summed E-state index contributed by atoms with van der Waals surface area (Å²) in [7, 11) is 0. The fraction of sp³-hybridized carbons (Fsp3) is 0.556. The molecular formula is C18H21ClN5O3. The number of amides is 2. The van der Waals surface area contributed by atoms with Gasteiger partial charge in [-0.25, -0.2) is 4.98 Å². The number of oxime groups is 1. The fourth-order valence-corrected chi connectivity index (χ4v) is 4.06. The average Bonchev–Trinajstić information content (AvgIpc) is 3.12. The number of hydrogen-bond acceptors (Lipinski definition) is 6. The zero-order chi connectivity index (χ0) is 18.9. The van der Waals surface area contributed by atoms with Crippen LogP contribution < -0.4 is 4.90 Å². The molecule has 8 nitrogen and oxygen atoms in total. The molecule has 4 heterocycles. The SMILES string of the molecule is O=[C]N1CCC2(CC1)CC(C(=O)N1CCN(c3ncccc3Cl)CC1)=NO2. The molecule has 4 rings (SSSR count). The Morgan fingerprint density at radius 2 is 1.93 bits per heavy atom. The summed E-state index contributed by atoms with van der Waals surface area (Å²) in [5.41, 5.74) is 0.0321. The molecule has 1 spiro atoms. The zero-order valence-electron chi connectivity index (χ0n) is 14.9. The molecule has 0 saturated carbocycles. The van der Waals surface area contributed by atoms with Gasteiger partial charge < -0.3 is 19.5 Å². The number of rotatable bonds is 3. The number of halogens is 1. The van der Waals surface area contributed by atoms with E-state index in [4.69, 9.17) is 16.4 Å². The minimum atomic E-state index is -0.443. The molecule has 0 aliphatic carbocycles. The normalized spacial score (nSPS) is 21.8. The van der Waals surface area contributed by atoms with Gasteiger partial charge in [-0.3, -0.25) is 9.59 Å². The van der Waals surface area contributed by atoms with Crippen LogP contribution in [0.1, 0.15) is 19.3 Å². The van der Waals surface area contributed by atoms with Gasteiger partial charge in [-0.1, -0.05) is 16.8 Å². The van der Waals surface area contributed by atoms with Crippen molar-refractivity contribution in [3.63, 3.8) is 0 Å². The van der Waals surface area contributed by atoms with Crippen molar-refractivity contribution in [1.29, 1.82) is 0 Å². The van der Waals surface area contributed by atoms with Crippen LogP contribution in [-0.2, 0) is 14.4 Å². The Balaban J connectivity index is 1.33. The molecule has 1 radical (unpaired) electrons. The van der Waals surface area contributed by atoms with E-state index in [9.17, 15) is 9.59 Å². The number of likely N-dealkylation sites (tertiary alicyclic amines) is 1. The number of pyridine rings is 1. The fourth-order valence-electron chi connectivity index (χ4n) is 3.82. The van der Waals surface area contributed by atoms with Gasteiger partial charge >= 0.3 is 6.41 Å². The molecule has 2 fully saturated rings. The number of aromatic nitrogens is 1. The van der Waals surface area contributed by atoms with Crippen molar-refractivity contribution in [3.8, 4) is 0 Å². The number of piperazine rings is 1. The Morgan fingerprint density at radius 3 is 2.59 bits per heavy atom. The first kappa shape index (κ1) is 18.0. The second-order valence-electron chi connectivity index (χ2n) is 7.16. The lowest BCUT2D eigenvalue weighted by atomic mass is 9.87. The number of carbonyl (C=O) groups excluding carboxylic acids is 2. The predicted octanol–water partition coefficient (Wildman–Crippen LogP) is 1.06. The number of carbonyl (C=O) groups is 1. The second kappa shape index (κ2) is 7.34. The van der Waals surface area contributed by atoms with Gasteiger partial charge in [0.1, 0.15) is 17.1 Å². The molecule has 0 aromatic carbocycles. The molecule has 1 aromatic rings. The highest BCUT2D eigenvalue weighted by molar-refractivity contribution is 6.39.